The van der Waals surface area contributed by atoms with Crippen molar-refractivity contribution in [2.75, 3.05) is 13.6 Å². The Bertz CT molecular complexity index is 425. The van der Waals surface area contributed by atoms with Crippen LogP contribution in [0.2, 0.25) is 5.02 Å². The van der Waals surface area contributed by atoms with Crippen molar-refractivity contribution in [1.29, 1.82) is 0 Å². The van der Waals surface area contributed by atoms with E-state index < -0.39 is 11.7 Å². The molecule has 1 amide bonds. The molecule has 0 fully saturated rings. The highest BCUT2D eigenvalue weighted by Crippen LogP contribution is 2.17. The summed E-state index contributed by atoms with van der Waals surface area (Å²) in [6.45, 7) is 5.24. The number of likely N-dealkylation sites (N-methyl/N-ethyl adjacent to an activating group) is 1. The molecule has 4 nitrogen and oxygen atoms in total. The minimum absolute atomic E-state index is 0.183. The van der Waals surface area contributed by atoms with Crippen molar-refractivity contribution >= 4 is 17.5 Å². The molecule has 0 radical (unpaired) electrons. The van der Waals surface area contributed by atoms with Crippen LogP contribution in [0.1, 0.15) is 20.8 Å². The van der Waals surface area contributed by atoms with Gasteiger partial charge in [-0.25, -0.2) is 0 Å². The maximum atomic E-state index is 12.1. The van der Waals surface area contributed by atoms with E-state index in [1.807, 2.05) is 0 Å². The summed E-state index contributed by atoms with van der Waals surface area (Å²) in [6, 6.07) is 6.83. The Labute approximate surface area is 118 Å². The molecule has 0 aliphatic heterocycles. The fraction of sp³-hybridized carbons (Fsp3) is 0.500. The van der Waals surface area contributed by atoms with E-state index in [0.717, 1.165) is 0 Å². The summed E-state index contributed by atoms with van der Waals surface area (Å²) < 4.78 is 5.54. The van der Waals surface area contributed by atoms with Gasteiger partial charge in [-0.2, -0.15) is 0 Å². The zero-order valence-corrected chi connectivity index (χ0v) is 12.4. The highest BCUT2D eigenvalue weighted by Gasteiger charge is 2.24. The second kappa shape index (κ2) is 6.26. The highest BCUT2D eigenvalue weighted by atomic mass is 35.5. The predicted octanol–water partition coefficient (Wildman–Crippen LogP) is 2.34. The van der Waals surface area contributed by atoms with E-state index in [1.165, 1.54) is 4.90 Å². The van der Waals surface area contributed by atoms with Gasteiger partial charge in [0, 0.05) is 18.6 Å². The van der Waals surface area contributed by atoms with Crippen molar-refractivity contribution in [2.24, 2.45) is 0 Å². The summed E-state index contributed by atoms with van der Waals surface area (Å²) in [4.78, 5) is 13.5. The zero-order valence-electron chi connectivity index (χ0n) is 11.7. The van der Waals surface area contributed by atoms with Gasteiger partial charge >= 0.3 is 0 Å². The van der Waals surface area contributed by atoms with Gasteiger partial charge in [-0.05, 0) is 45.0 Å². The molecular weight excluding hydrogens is 266 g/mol. The number of carbonyl (C=O) groups excluding carboxylic acids is 1. The molecule has 1 aromatic rings. The van der Waals surface area contributed by atoms with Gasteiger partial charge in [-0.15, -0.1) is 0 Å². The van der Waals surface area contributed by atoms with E-state index >= 15 is 0 Å². The molecule has 0 bridgehead atoms. The van der Waals surface area contributed by atoms with Crippen LogP contribution in [0.25, 0.3) is 0 Å². The smallest absolute Gasteiger partial charge is 0.263 e. The average molecular weight is 286 g/mol. The number of amides is 1. The molecule has 0 saturated heterocycles. The predicted molar refractivity (Wildman–Crippen MR) is 75.5 cm³/mol. The van der Waals surface area contributed by atoms with Gasteiger partial charge in [0.05, 0.1) is 5.60 Å². The molecule has 1 unspecified atom stereocenters. The van der Waals surface area contributed by atoms with E-state index in [2.05, 4.69) is 0 Å². The van der Waals surface area contributed by atoms with Gasteiger partial charge in [0.1, 0.15) is 5.75 Å². The van der Waals surface area contributed by atoms with Crippen LogP contribution in [-0.4, -0.2) is 41.2 Å². The van der Waals surface area contributed by atoms with Crippen LogP contribution in [0, 0.1) is 0 Å². The zero-order chi connectivity index (χ0) is 14.6. The number of benzene rings is 1. The van der Waals surface area contributed by atoms with Crippen LogP contribution in [0.4, 0.5) is 0 Å². The number of rotatable bonds is 5. The molecule has 19 heavy (non-hydrogen) atoms. The van der Waals surface area contributed by atoms with Crippen LogP contribution < -0.4 is 4.74 Å². The molecule has 0 aliphatic rings. The minimum Gasteiger partial charge on any atom is -0.481 e. The molecule has 5 heteroatoms. The average Bonchev–Trinajstić information content (AvgIpc) is 2.28. The molecule has 1 atom stereocenters. The first-order valence-electron chi connectivity index (χ1n) is 6.08. The van der Waals surface area contributed by atoms with Gasteiger partial charge in [-0.1, -0.05) is 11.6 Å². The Morgan fingerprint density at radius 1 is 1.42 bits per heavy atom. The molecule has 0 saturated carbocycles. The molecule has 0 aliphatic carbocycles. The molecule has 1 rings (SSSR count). The van der Waals surface area contributed by atoms with Crippen molar-refractivity contribution in [3.05, 3.63) is 29.3 Å². The standard InChI is InChI=1S/C14H20ClNO3/c1-10(13(17)16(4)9-14(2,3)18)19-12-7-5-11(15)6-8-12/h5-8,10,18H,9H2,1-4H3. The van der Waals surface area contributed by atoms with Crippen LogP contribution in [0.15, 0.2) is 24.3 Å². The molecule has 0 heterocycles. The maximum Gasteiger partial charge on any atom is 0.263 e. The minimum atomic E-state index is -0.926. The van der Waals surface area contributed by atoms with Gasteiger partial charge in [-0.3, -0.25) is 4.79 Å². The Hall–Kier alpha value is -1.26. The highest BCUT2D eigenvalue weighted by molar-refractivity contribution is 6.30. The Kier molecular flexibility index (Phi) is 5.20. The lowest BCUT2D eigenvalue weighted by Crippen LogP contribution is -2.44. The van der Waals surface area contributed by atoms with Crippen molar-refractivity contribution in [3.8, 4) is 5.75 Å². The molecule has 0 spiro atoms. The van der Waals surface area contributed by atoms with Crippen LogP contribution in [0.5, 0.6) is 5.75 Å². The lowest BCUT2D eigenvalue weighted by molar-refractivity contribution is -0.139. The number of ether oxygens (including phenoxy) is 1. The van der Waals surface area contributed by atoms with E-state index in [4.69, 9.17) is 16.3 Å². The van der Waals surface area contributed by atoms with Gasteiger partial charge in [0.15, 0.2) is 6.10 Å². The molecule has 1 N–H and O–H groups in total. The number of hydrogen-bond donors (Lipinski definition) is 1. The quantitative estimate of drug-likeness (QED) is 0.903. The number of aliphatic hydroxyl groups is 1. The van der Waals surface area contributed by atoms with Gasteiger partial charge in [0.2, 0.25) is 0 Å². The van der Waals surface area contributed by atoms with Gasteiger partial charge < -0.3 is 14.7 Å². The normalized spacial score (nSPS) is 12.9. The molecular formula is C14H20ClNO3. The van der Waals surface area contributed by atoms with Crippen molar-refractivity contribution < 1.29 is 14.6 Å². The first kappa shape index (κ1) is 15.8. The molecule has 0 aromatic heterocycles. The van der Waals surface area contributed by atoms with Crippen LogP contribution in [-0.2, 0) is 4.79 Å². The fourth-order valence-corrected chi connectivity index (χ4v) is 1.86. The topological polar surface area (TPSA) is 49.8 Å². The summed E-state index contributed by atoms with van der Waals surface area (Å²) in [5.74, 6) is 0.402. The van der Waals surface area contributed by atoms with E-state index in [9.17, 15) is 9.90 Å². The lowest BCUT2D eigenvalue weighted by atomic mass is 10.1. The number of halogens is 1. The maximum absolute atomic E-state index is 12.1. The van der Waals surface area contributed by atoms with Crippen molar-refractivity contribution in [1.82, 2.24) is 4.90 Å². The Balaban J connectivity index is 2.59. The monoisotopic (exact) mass is 285 g/mol. The number of carbonyl (C=O) groups is 1. The summed E-state index contributed by atoms with van der Waals surface area (Å²) in [7, 11) is 1.64. The largest absolute Gasteiger partial charge is 0.481 e. The third-order valence-corrected chi connectivity index (χ3v) is 2.73. The third-order valence-electron chi connectivity index (χ3n) is 2.47. The second-order valence-corrected chi connectivity index (χ2v) is 5.66. The fourth-order valence-electron chi connectivity index (χ4n) is 1.74. The summed E-state index contributed by atoms with van der Waals surface area (Å²) in [6.07, 6.45) is -0.617. The molecule has 1 aromatic carbocycles. The van der Waals surface area contributed by atoms with Crippen LogP contribution in [0.3, 0.4) is 0 Å². The SMILES string of the molecule is CC(Oc1ccc(Cl)cc1)C(=O)N(C)CC(C)(C)O. The first-order valence-corrected chi connectivity index (χ1v) is 6.46. The van der Waals surface area contributed by atoms with Gasteiger partial charge in [0.25, 0.3) is 5.91 Å². The van der Waals surface area contributed by atoms with E-state index in [0.29, 0.717) is 10.8 Å². The Morgan fingerprint density at radius 3 is 2.42 bits per heavy atom. The molecule has 106 valence electrons. The summed E-state index contributed by atoms with van der Waals surface area (Å²) in [5.41, 5.74) is -0.926. The Morgan fingerprint density at radius 2 is 1.95 bits per heavy atom. The second-order valence-electron chi connectivity index (χ2n) is 5.22. The lowest BCUT2D eigenvalue weighted by Gasteiger charge is -2.27. The number of nitrogens with zero attached hydrogens (tertiary/aromatic N) is 1. The summed E-state index contributed by atoms with van der Waals surface area (Å²) in [5, 5.41) is 10.3. The van der Waals surface area contributed by atoms with Crippen molar-refractivity contribution in [2.45, 2.75) is 32.5 Å². The number of hydrogen-bond acceptors (Lipinski definition) is 3. The van der Waals surface area contributed by atoms with E-state index in [-0.39, 0.29) is 12.5 Å². The third kappa shape index (κ3) is 5.49. The van der Waals surface area contributed by atoms with Crippen molar-refractivity contribution in [3.63, 3.8) is 0 Å². The summed E-state index contributed by atoms with van der Waals surface area (Å²) >= 11 is 5.78. The van der Waals surface area contributed by atoms with Crippen LogP contribution >= 0.6 is 11.6 Å². The first-order chi connectivity index (χ1) is 8.69. The van der Waals surface area contributed by atoms with E-state index in [1.54, 1.807) is 52.1 Å².